The topological polar surface area (TPSA) is 63.8 Å². The Bertz CT molecular complexity index is 1150. The van der Waals surface area contributed by atoms with Crippen molar-refractivity contribution in [1.82, 2.24) is 5.43 Å². The minimum absolute atomic E-state index is 0.280. The summed E-state index contributed by atoms with van der Waals surface area (Å²) in [5.74, 6) is 1.15. The standard InChI is InChI=1S/C24H20N2O3/c1-17(23-7-4-14-28-23)25-26-24(27)20-10-8-18(9-11-20)16-29-22-13-12-19-5-2-3-6-21(19)15-22/h2-15H,16H2,1H3,(H,26,27). The lowest BCUT2D eigenvalue weighted by Crippen LogP contribution is -2.19. The number of furan rings is 1. The molecule has 3 aromatic carbocycles. The van der Waals surface area contributed by atoms with Gasteiger partial charge in [-0.05, 0) is 59.7 Å². The summed E-state index contributed by atoms with van der Waals surface area (Å²) in [7, 11) is 0. The van der Waals surface area contributed by atoms with Crippen LogP contribution in [-0.4, -0.2) is 11.6 Å². The van der Waals surface area contributed by atoms with Crippen molar-refractivity contribution in [3.8, 4) is 5.75 Å². The van der Waals surface area contributed by atoms with Gasteiger partial charge in [0.05, 0.1) is 6.26 Å². The van der Waals surface area contributed by atoms with E-state index in [1.807, 2.05) is 42.5 Å². The summed E-state index contributed by atoms with van der Waals surface area (Å²) in [5, 5.41) is 6.39. The Morgan fingerprint density at radius 1 is 0.966 bits per heavy atom. The van der Waals surface area contributed by atoms with E-state index in [9.17, 15) is 4.79 Å². The van der Waals surface area contributed by atoms with E-state index in [0.717, 1.165) is 16.7 Å². The maximum atomic E-state index is 12.3. The molecule has 1 amide bonds. The number of nitrogens with zero attached hydrogens (tertiary/aromatic N) is 1. The number of rotatable bonds is 6. The first kappa shape index (κ1) is 18.5. The van der Waals surface area contributed by atoms with Crippen LogP contribution < -0.4 is 10.2 Å². The van der Waals surface area contributed by atoms with E-state index in [-0.39, 0.29) is 5.91 Å². The maximum Gasteiger partial charge on any atom is 0.271 e. The van der Waals surface area contributed by atoms with Crippen molar-refractivity contribution in [3.63, 3.8) is 0 Å². The molecular weight excluding hydrogens is 364 g/mol. The second-order valence-corrected chi connectivity index (χ2v) is 6.61. The van der Waals surface area contributed by atoms with E-state index in [0.29, 0.717) is 23.6 Å². The van der Waals surface area contributed by atoms with Gasteiger partial charge in [-0.1, -0.05) is 42.5 Å². The Hall–Kier alpha value is -3.86. The lowest BCUT2D eigenvalue weighted by molar-refractivity contribution is 0.0954. The zero-order valence-electron chi connectivity index (χ0n) is 16.0. The Balaban J connectivity index is 1.35. The van der Waals surface area contributed by atoms with Crippen LogP contribution in [0.4, 0.5) is 0 Å². The highest BCUT2D eigenvalue weighted by atomic mass is 16.5. The zero-order chi connectivity index (χ0) is 20.1. The molecule has 29 heavy (non-hydrogen) atoms. The van der Waals surface area contributed by atoms with Gasteiger partial charge in [0.25, 0.3) is 5.91 Å². The average Bonchev–Trinajstić information content (AvgIpc) is 3.31. The molecule has 1 N–H and O–H groups in total. The number of hydrazone groups is 1. The summed E-state index contributed by atoms with van der Waals surface area (Å²) in [6.07, 6.45) is 1.56. The third-order valence-electron chi connectivity index (χ3n) is 4.55. The second kappa shape index (κ2) is 8.44. The summed E-state index contributed by atoms with van der Waals surface area (Å²) < 4.78 is 11.1. The first-order valence-electron chi connectivity index (χ1n) is 9.28. The summed E-state index contributed by atoms with van der Waals surface area (Å²) in [6.45, 7) is 2.20. The molecule has 4 aromatic rings. The summed E-state index contributed by atoms with van der Waals surface area (Å²) >= 11 is 0. The largest absolute Gasteiger partial charge is 0.489 e. The minimum atomic E-state index is -0.280. The number of fused-ring (bicyclic) bond motifs is 1. The van der Waals surface area contributed by atoms with Gasteiger partial charge < -0.3 is 9.15 Å². The summed E-state index contributed by atoms with van der Waals surface area (Å²) in [5.41, 5.74) is 4.64. The SMILES string of the molecule is CC(=NNC(=O)c1ccc(COc2ccc3ccccc3c2)cc1)c1ccco1. The van der Waals surface area contributed by atoms with Gasteiger partial charge in [-0.15, -0.1) is 0 Å². The normalized spacial score (nSPS) is 11.4. The highest BCUT2D eigenvalue weighted by molar-refractivity contribution is 5.99. The summed E-state index contributed by atoms with van der Waals surface area (Å²) in [4.78, 5) is 12.3. The molecule has 0 radical (unpaired) electrons. The van der Waals surface area contributed by atoms with Crippen LogP contribution in [0.3, 0.4) is 0 Å². The maximum absolute atomic E-state index is 12.3. The molecule has 1 aromatic heterocycles. The highest BCUT2D eigenvalue weighted by Crippen LogP contribution is 2.21. The Morgan fingerprint density at radius 2 is 1.76 bits per heavy atom. The fourth-order valence-corrected chi connectivity index (χ4v) is 2.91. The van der Waals surface area contributed by atoms with Crippen LogP contribution >= 0.6 is 0 Å². The quantitative estimate of drug-likeness (QED) is 0.369. The first-order valence-corrected chi connectivity index (χ1v) is 9.28. The van der Waals surface area contributed by atoms with Gasteiger partial charge in [0.2, 0.25) is 0 Å². The second-order valence-electron chi connectivity index (χ2n) is 6.61. The Morgan fingerprint density at radius 3 is 2.52 bits per heavy atom. The molecule has 0 aliphatic carbocycles. The van der Waals surface area contributed by atoms with Gasteiger partial charge in [-0.3, -0.25) is 4.79 Å². The first-order chi connectivity index (χ1) is 14.2. The van der Waals surface area contributed by atoms with Crippen LogP contribution in [-0.2, 0) is 6.61 Å². The van der Waals surface area contributed by atoms with Gasteiger partial charge in [0.15, 0.2) is 0 Å². The van der Waals surface area contributed by atoms with E-state index in [1.54, 1.807) is 37.5 Å². The number of carbonyl (C=O) groups is 1. The molecule has 5 nitrogen and oxygen atoms in total. The summed E-state index contributed by atoms with van der Waals surface area (Å²) in [6, 6.07) is 25.0. The molecular formula is C24H20N2O3. The lowest BCUT2D eigenvalue weighted by atomic mass is 10.1. The number of nitrogens with one attached hydrogen (secondary N) is 1. The number of benzene rings is 3. The van der Waals surface area contributed by atoms with Crippen molar-refractivity contribution < 1.29 is 13.9 Å². The average molecular weight is 384 g/mol. The number of amides is 1. The van der Waals surface area contributed by atoms with E-state index in [2.05, 4.69) is 22.7 Å². The molecule has 0 aliphatic rings. The van der Waals surface area contributed by atoms with Crippen LogP contribution in [0.25, 0.3) is 10.8 Å². The number of carbonyl (C=O) groups excluding carboxylic acids is 1. The smallest absolute Gasteiger partial charge is 0.271 e. The molecule has 0 saturated carbocycles. The van der Waals surface area contributed by atoms with Crippen molar-refractivity contribution >= 4 is 22.4 Å². The van der Waals surface area contributed by atoms with Gasteiger partial charge >= 0.3 is 0 Å². The van der Waals surface area contributed by atoms with Crippen LogP contribution in [0.5, 0.6) is 5.75 Å². The van der Waals surface area contributed by atoms with E-state index in [1.165, 1.54) is 5.39 Å². The van der Waals surface area contributed by atoms with Crippen molar-refractivity contribution in [2.24, 2.45) is 5.10 Å². The number of hydrogen-bond acceptors (Lipinski definition) is 4. The highest BCUT2D eigenvalue weighted by Gasteiger charge is 2.06. The molecule has 0 saturated heterocycles. The molecule has 0 fully saturated rings. The molecule has 0 spiro atoms. The number of hydrogen-bond donors (Lipinski definition) is 1. The van der Waals surface area contributed by atoms with Gasteiger partial charge in [0.1, 0.15) is 23.8 Å². The molecule has 0 bridgehead atoms. The number of ether oxygens (including phenoxy) is 1. The third-order valence-corrected chi connectivity index (χ3v) is 4.55. The molecule has 0 aliphatic heterocycles. The molecule has 144 valence electrons. The van der Waals surface area contributed by atoms with Crippen molar-refractivity contribution in [2.45, 2.75) is 13.5 Å². The predicted octanol–water partition coefficient (Wildman–Crippen LogP) is 5.17. The van der Waals surface area contributed by atoms with E-state index >= 15 is 0 Å². The fourth-order valence-electron chi connectivity index (χ4n) is 2.91. The van der Waals surface area contributed by atoms with Crippen LogP contribution in [0.1, 0.15) is 28.6 Å². The molecule has 4 rings (SSSR count). The van der Waals surface area contributed by atoms with Crippen LogP contribution in [0, 0.1) is 0 Å². The van der Waals surface area contributed by atoms with E-state index < -0.39 is 0 Å². The van der Waals surface area contributed by atoms with Crippen LogP contribution in [0.2, 0.25) is 0 Å². The Labute approximate surface area is 168 Å². The Kier molecular flexibility index (Phi) is 5.38. The van der Waals surface area contributed by atoms with Crippen molar-refractivity contribution in [1.29, 1.82) is 0 Å². The third kappa shape index (κ3) is 4.52. The van der Waals surface area contributed by atoms with Gasteiger partial charge in [0, 0.05) is 5.56 Å². The molecule has 0 unspecified atom stereocenters. The van der Waals surface area contributed by atoms with Crippen molar-refractivity contribution in [3.05, 3.63) is 102 Å². The predicted molar refractivity (Wildman–Crippen MR) is 113 cm³/mol. The van der Waals surface area contributed by atoms with Crippen LogP contribution in [0.15, 0.2) is 94.6 Å². The molecule has 0 atom stereocenters. The fraction of sp³-hybridized carbons (Fsp3) is 0.0833. The van der Waals surface area contributed by atoms with E-state index in [4.69, 9.17) is 9.15 Å². The van der Waals surface area contributed by atoms with Gasteiger partial charge in [-0.2, -0.15) is 5.10 Å². The van der Waals surface area contributed by atoms with Gasteiger partial charge in [-0.25, -0.2) is 5.43 Å². The lowest BCUT2D eigenvalue weighted by Gasteiger charge is -2.08. The minimum Gasteiger partial charge on any atom is -0.489 e. The van der Waals surface area contributed by atoms with Crippen molar-refractivity contribution in [2.75, 3.05) is 0 Å². The monoisotopic (exact) mass is 384 g/mol. The molecule has 5 heteroatoms. The zero-order valence-corrected chi connectivity index (χ0v) is 16.0. The molecule has 1 heterocycles.